The molecular weight excluding hydrogens is 391 g/mol. The molecule has 1 aromatic rings. The molecule has 28 heavy (non-hydrogen) atoms. The number of carbonyl (C=O) groups is 1. The van der Waals surface area contributed by atoms with Crippen molar-refractivity contribution in [1.82, 2.24) is 10.2 Å². The lowest BCUT2D eigenvalue weighted by Gasteiger charge is -2.34. The average molecular weight is 417 g/mol. The SMILES string of the molecule is COCC1CCCN1C1C(CNC(=O)c2ccc(F)c(Cl)c2)OC(CO)C1O. The van der Waals surface area contributed by atoms with E-state index in [2.05, 4.69) is 10.2 Å². The molecule has 0 bridgehead atoms. The van der Waals surface area contributed by atoms with Gasteiger partial charge >= 0.3 is 0 Å². The van der Waals surface area contributed by atoms with Crippen molar-refractivity contribution >= 4 is 17.5 Å². The predicted octanol–water partition coefficient (Wildman–Crippen LogP) is 0.809. The largest absolute Gasteiger partial charge is 0.394 e. The topological polar surface area (TPSA) is 91.3 Å². The monoisotopic (exact) mass is 416 g/mol. The predicted molar refractivity (Wildman–Crippen MR) is 101 cm³/mol. The molecule has 1 aromatic carbocycles. The quantitative estimate of drug-likeness (QED) is 0.609. The Morgan fingerprint density at radius 2 is 2.25 bits per heavy atom. The van der Waals surface area contributed by atoms with Crippen molar-refractivity contribution in [3.8, 4) is 0 Å². The molecule has 1 amide bonds. The second-order valence-electron chi connectivity index (χ2n) is 7.20. The molecular formula is C19H26ClFN2O5. The Balaban J connectivity index is 1.69. The number of ether oxygens (including phenoxy) is 2. The number of methoxy groups -OCH3 is 1. The summed E-state index contributed by atoms with van der Waals surface area (Å²) in [4.78, 5) is 14.5. The van der Waals surface area contributed by atoms with Crippen molar-refractivity contribution in [3.05, 3.63) is 34.6 Å². The summed E-state index contributed by atoms with van der Waals surface area (Å²) in [5.74, 6) is -1.01. The lowest BCUT2D eigenvalue weighted by Crippen LogP contribution is -2.53. The van der Waals surface area contributed by atoms with E-state index in [0.29, 0.717) is 6.61 Å². The van der Waals surface area contributed by atoms with E-state index in [-0.39, 0.29) is 35.8 Å². The molecule has 3 N–H and O–H groups in total. The molecule has 156 valence electrons. The molecule has 0 spiro atoms. The van der Waals surface area contributed by atoms with Gasteiger partial charge in [0.25, 0.3) is 5.91 Å². The third-order valence-corrected chi connectivity index (χ3v) is 5.74. The Morgan fingerprint density at radius 3 is 2.93 bits per heavy atom. The summed E-state index contributed by atoms with van der Waals surface area (Å²) in [5.41, 5.74) is 0.235. The molecule has 9 heteroatoms. The summed E-state index contributed by atoms with van der Waals surface area (Å²) < 4.78 is 24.4. The van der Waals surface area contributed by atoms with Crippen LogP contribution in [0, 0.1) is 5.82 Å². The number of aliphatic hydroxyl groups is 2. The highest BCUT2D eigenvalue weighted by atomic mass is 35.5. The number of nitrogens with one attached hydrogen (secondary N) is 1. The number of likely N-dealkylation sites (tertiary alicyclic amines) is 1. The van der Waals surface area contributed by atoms with Gasteiger partial charge in [0.05, 0.1) is 30.4 Å². The molecule has 5 unspecified atom stereocenters. The second kappa shape index (κ2) is 9.47. The Hall–Kier alpha value is -1.29. The summed E-state index contributed by atoms with van der Waals surface area (Å²) in [5, 5.41) is 22.8. The third kappa shape index (κ3) is 4.48. The van der Waals surface area contributed by atoms with Gasteiger partial charge in [0.15, 0.2) is 0 Å². The van der Waals surface area contributed by atoms with Crippen molar-refractivity contribution in [1.29, 1.82) is 0 Å². The van der Waals surface area contributed by atoms with E-state index >= 15 is 0 Å². The summed E-state index contributed by atoms with van der Waals surface area (Å²) in [6.45, 7) is 1.16. The van der Waals surface area contributed by atoms with E-state index in [9.17, 15) is 19.4 Å². The Labute approximate surface area is 168 Å². The molecule has 2 aliphatic heterocycles. The first-order chi connectivity index (χ1) is 13.5. The molecule has 2 saturated heterocycles. The zero-order valence-corrected chi connectivity index (χ0v) is 16.4. The van der Waals surface area contributed by atoms with Crippen molar-refractivity contribution in [2.45, 2.75) is 43.2 Å². The van der Waals surface area contributed by atoms with Crippen LogP contribution >= 0.6 is 11.6 Å². The zero-order valence-electron chi connectivity index (χ0n) is 15.7. The summed E-state index contributed by atoms with van der Waals surface area (Å²) in [7, 11) is 1.64. The average Bonchev–Trinajstić information content (AvgIpc) is 3.25. The molecule has 0 radical (unpaired) electrons. The first kappa shape index (κ1) is 21.4. The maximum atomic E-state index is 13.3. The van der Waals surface area contributed by atoms with Crippen LogP contribution in [0.2, 0.25) is 5.02 Å². The van der Waals surface area contributed by atoms with Crippen molar-refractivity contribution in [2.24, 2.45) is 0 Å². The number of hydrogen-bond acceptors (Lipinski definition) is 6. The van der Waals surface area contributed by atoms with Crippen molar-refractivity contribution in [2.75, 3.05) is 33.4 Å². The fourth-order valence-corrected chi connectivity index (χ4v) is 4.29. The van der Waals surface area contributed by atoms with Gasteiger partial charge in [-0.15, -0.1) is 0 Å². The fourth-order valence-electron chi connectivity index (χ4n) is 4.11. The van der Waals surface area contributed by atoms with Gasteiger partial charge in [-0.1, -0.05) is 11.6 Å². The fraction of sp³-hybridized carbons (Fsp3) is 0.632. The van der Waals surface area contributed by atoms with E-state index in [1.54, 1.807) is 7.11 Å². The van der Waals surface area contributed by atoms with Crippen molar-refractivity contribution in [3.63, 3.8) is 0 Å². The number of aliphatic hydroxyl groups excluding tert-OH is 2. The van der Waals surface area contributed by atoms with Crippen LogP contribution in [-0.4, -0.2) is 84.8 Å². The van der Waals surface area contributed by atoms with Crippen LogP contribution in [0.3, 0.4) is 0 Å². The highest BCUT2D eigenvalue weighted by Gasteiger charge is 2.48. The van der Waals surface area contributed by atoms with Crippen LogP contribution in [0.4, 0.5) is 4.39 Å². The van der Waals surface area contributed by atoms with Crippen LogP contribution in [0.15, 0.2) is 18.2 Å². The van der Waals surface area contributed by atoms with E-state index in [4.69, 9.17) is 21.1 Å². The summed E-state index contributed by atoms with van der Waals surface area (Å²) >= 11 is 5.74. The minimum atomic E-state index is -0.871. The van der Waals surface area contributed by atoms with Crippen LogP contribution in [0.25, 0.3) is 0 Å². The van der Waals surface area contributed by atoms with Crippen LogP contribution in [0.1, 0.15) is 23.2 Å². The summed E-state index contributed by atoms with van der Waals surface area (Å²) in [6.07, 6.45) is -0.146. The molecule has 0 aromatic heterocycles. The molecule has 0 saturated carbocycles. The van der Waals surface area contributed by atoms with Gasteiger partial charge in [-0.2, -0.15) is 0 Å². The first-order valence-corrected chi connectivity index (χ1v) is 9.76. The van der Waals surface area contributed by atoms with Gasteiger partial charge < -0.3 is 25.0 Å². The smallest absolute Gasteiger partial charge is 0.251 e. The van der Waals surface area contributed by atoms with Crippen LogP contribution < -0.4 is 5.32 Å². The van der Waals surface area contributed by atoms with E-state index in [0.717, 1.165) is 25.5 Å². The maximum Gasteiger partial charge on any atom is 0.251 e. The standard InChI is InChI=1S/C19H26ClFN2O5/c1-27-10-12-3-2-6-23(12)17-15(28-16(9-24)18(17)25)8-22-19(26)11-4-5-14(21)13(20)7-11/h4-5,7,12,15-18,24-25H,2-3,6,8-10H2,1H3,(H,22,26). The Kier molecular flexibility index (Phi) is 7.25. The number of carbonyl (C=O) groups excluding carboxylic acids is 1. The number of rotatable bonds is 7. The Bertz CT molecular complexity index is 694. The van der Waals surface area contributed by atoms with Gasteiger partial charge in [-0.05, 0) is 37.6 Å². The number of halogens is 2. The first-order valence-electron chi connectivity index (χ1n) is 9.38. The molecule has 2 heterocycles. The van der Waals surface area contributed by atoms with Crippen LogP contribution in [-0.2, 0) is 9.47 Å². The zero-order chi connectivity index (χ0) is 20.3. The molecule has 2 aliphatic rings. The molecule has 7 nitrogen and oxygen atoms in total. The molecule has 3 rings (SSSR count). The molecule has 0 aliphatic carbocycles. The lowest BCUT2D eigenvalue weighted by molar-refractivity contribution is -0.0209. The van der Waals surface area contributed by atoms with E-state index < -0.39 is 30.0 Å². The van der Waals surface area contributed by atoms with E-state index in [1.807, 2.05) is 0 Å². The summed E-state index contributed by atoms with van der Waals surface area (Å²) in [6, 6.07) is 3.54. The third-order valence-electron chi connectivity index (χ3n) is 5.45. The number of benzene rings is 1. The number of amides is 1. The van der Waals surface area contributed by atoms with Gasteiger partial charge in [-0.25, -0.2) is 4.39 Å². The van der Waals surface area contributed by atoms with Gasteiger partial charge in [0, 0.05) is 25.3 Å². The Morgan fingerprint density at radius 1 is 1.46 bits per heavy atom. The highest BCUT2D eigenvalue weighted by molar-refractivity contribution is 6.31. The number of nitrogens with zero attached hydrogens (tertiary/aromatic N) is 1. The van der Waals surface area contributed by atoms with Gasteiger partial charge in [0.1, 0.15) is 18.0 Å². The van der Waals surface area contributed by atoms with Gasteiger partial charge in [-0.3, -0.25) is 9.69 Å². The van der Waals surface area contributed by atoms with E-state index in [1.165, 1.54) is 12.1 Å². The molecule has 5 atom stereocenters. The maximum absolute atomic E-state index is 13.3. The highest BCUT2D eigenvalue weighted by Crippen LogP contribution is 2.31. The molecule has 2 fully saturated rings. The normalized spacial score (nSPS) is 30.7. The van der Waals surface area contributed by atoms with Crippen molar-refractivity contribution < 1.29 is 28.9 Å². The van der Waals surface area contributed by atoms with Crippen LogP contribution in [0.5, 0.6) is 0 Å². The number of hydrogen-bond donors (Lipinski definition) is 3. The minimum Gasteiger partial charge on any atom is -0.394 e. The second-order valence-corrected chi connectivity index (χ2v) is 7.61. The minimum absolute atomic E-state index is 0.127. The lowest BCUT2D eigenvalue weighted by atomic mass is 10.0. The van der Waals surface area contributed by atoms with Gasteiger partial charge in [0.2, 0.25) is 0 Å².